The Morgan fingerprint density at radius 3 is 2.30 bits per heavy atom. The lowest BCUT2D eigenvalue weighted by Gasteiger charge is -2.06. The fraction of sp³-hybridized carbons (Fsp3) is 0.0588. The Kier molecular flexibility index (Phi) is 3.44. The van der Waals surface area contributed by atoms with E-state index in [1.165, 1.54) is 5.56 Å². The lowest BCUT2D eigenvalue weighted by Crippen LogP contribution is -1.91. The minimum Gasteiger partial charge on any atom is -0.330 e. The minimum absolute atomic E-state index is 0.502. The summed E-state index contributed by atoms with van der Waals surface area (Å²) in [5, 5.41) is 0. The van der Waals surface area contributed by atoms with Gasteiger partial charge in [0.25, 0.3) is 0 Å². The van der Waals surface area contributed by atoms with E-state index >= 15 is 0 Å². The van der Waals surface area contributed by atoms with Crippen LogP contribution in [0.5, 0.6) is 0 Å². The molecule has 0 fully saturated rings. The Labute approximate surface area is 123 Å². The smallest absolute Gasteiger partial charge is 0.197 e. The zero-order valence-corrected chi connectivity index (χ0v) is 11.9. The molecule has 0 aliphatic carbocycles. The standard InChI is InChI=1S/C17H14N2S/c1-12-7-9-14(10-8-12)16-11-15(18-17(20)19-16)13-5-3-2-4-6-13/h2-11H,1H3,(H,18,19,20). The number of aromatic nitrogens is 2. The maximum Gasteiger partial charge on any atom is 0.197 e. The largest absolute Gasteiger partial charge is 0.330 e. The van der Waals surface area contributed by atoms with Crippen molar-refractivity contribution in [1.29, 1.82) is 0 Å². The topological polar surface area (TPSA) is 28.7 Å². The average molecular weight is 278 g/mol. The molecule has 0 saturated carbocycles. The Morgan fingerprint density at radius 2 is 1.60 bits per heavy atom. The molecule has 1 N–H and O–H groups in total. The number of hydrogen-bond donors (Lipinski definition) is 1. The van der Waals surface area contributed by atoms with Crippen LogP contribution < -0.4 is 0 Å². The number of aromatic amines is 1. The minimum atomic E-state index is 0.502. The van der Waals surface area contributed by atoms with Crippen LogP contribution in [0.25, 0.3) is 22.5 Å². The molecule has 1 aromatic heterocycles. The molecule has 98 valence electrons. The normalized spacial score (nSPS) is 10.4. The van der Waals surface area contributed by atoms with Crippen LogP contribution in [-0.2, 0) is 0 Å². The molecule has 0 aliphatic heterocycles. The molecule has 2 aromatic carbocycles. The fourth-order valence-corrected chi connectivity index (χ4v) is 2.31. The van der Waals surface area contributed by atoms with Crippen molar-refractivity contribution < 1.29 is 0 Å². The van der Waals surface area contributed by atoms with Gasteiger partial charge < -0.3 is 4.98 Å². The van der Waals surface area contributed by atoms with Gasteiger partial charge in [-0.1, -0.05) is 60.2 Å². The molecule has 0 radical (unpaired) electrons. The first-order chi connectivity index (χ1) is 9.72. The van der Waals surface area contributed by atoms with Crippen molar-refractivity contribution >= 4 is 12.2 Å². The van der Waals surface area contributed by atoms with Gasteiger partial charge in [0.1, 0.15) is 0 Å². The Morgan fingerprint density at radius 1 is 0.900 bits per heavy atom. The molecule has 0 saturated heterocycles. The zero-order chi connectivity index (χ0) is 13.9. The second-order valence-corrected chi connectivity index (χ2v) is 5.10. The zero-order valence-electron chi connectivity index (χ0n) is 11.1. The summed E-state index contributed by atoms with van der Waals surface area (Å²) in [4.78, 5) is 7.56. The summed E-state index contributed by atoms with van der Waals surface area (Å²) in [5.41, 5.74) is 5.31. The highest BCUT2D eigenvalue weighted by Gasteiger charge is 2.04. The highest BCUT2D eigenvalue weighted by molar-refractivity contribution is 7.71. The third kappa shape index (κ3) is 2.68. The van der Waals surface area contributed by atoms with Crippen molar-refractivity contribution in [1.82, 2.24) is 9.97 Å². The first-order valence-electron chi connectivity index (χ1n) is 6.46. The predicted octanol–water partition coefficient (Wildman–Crippen LogP) is 4.78. The van der Waals surface area contributed by atoms with Crippen LogP contribution in [0.2, 0.25) is 0 Å². The van der Waals surface area contributed by atoms with Gasteiger partial charge in [0.05, 0.1) is 5.69 Å². The quantitative estimate of drug-likeness (QED) is 0.683. The van der Waals surface area contributed by atoms with Crippen molar-refractivity contribution in [3.8, 4) is 22.5 Å². The highest BCUT2D eigenvalue weighted by Crippen LogP contribution is 2.23. The van der Waals surface area contributed by atoms with Gasteiger partial charge in [-0.25, -0.2) is 4.98 Å². The van der Waals surface area contributed by atoms with Crippen LogP contribution in [0.3, 0.4) is 0 Å². The van der Waals surface area contributed by atoms with E-state index in [1.807, 2.05) is 36.4 Å². The van der Waals surface area contributed by atoms with E-state index in [9.17, 15) is 0 Å². The average Bonchev–Trinajstić information content (AvgIpc) is 2.48. The van der Waals surface area contributed by atoms with Gasteiger partial charge in [0, 0.05) is 11.3 Å². The fourth-order valence-electron chi connectivity index (χ4n) is 2.10. The molecule has 3 rings (SSSR count). The molecule has 0 amide bonds. The van der Waals surface area contributed by atoms with Crippen molar-refractivity contribution in [2.75, 3.05) is 0 Å². The van der Waals surface area contributed by atoms with E-state index in [0.29, 0.717) is 4.77 Å². The van der Waals surface area contributed by atoms with Crippen LogP contribution in [0.1, 0.15) is 5.56 Å². The Balaban J connectivity index is 2.12. The third-order valence-electron chi connectivity index (χ3n) is 3.18. The van der Waals surface area contributed by atoms with Crippen LogP contribution in [0.15, 0.2) is 60.7 Å². The van der Waals surface area contributed by atoms with Crippen molar-refractivity contribution in [3.05, 3.63) is 71.0 Å². The summed E-state index contributed by atoms with van der Waals surface area (Å²) in [5.74, 6) is 0. The molecule has 1 heterocycles. The molecule has 20 heavy (non-hydrogen) atoms. The van der Waals surface area contributed by atoms with E-state index in [4.69, 9.17) is 12.2 Å². The molecule has 0 atom stereocenters. The van der Waals surface area contributed by atoms with Crippen LogP contribution in [-0.4, -0.2) is 9.97 Å². The van der Waals surface area contributed by atoms with Crippen molar-refractivity contribution in [2.45, 2.75) is 6.92 Å². The summed E-state index contributed by atoms with van der Waals surface area (Å²) in [6, 6.07) is 20.5. The summed E-state index contributed by atoms with van der Waals surface area (Å²) in [6.07, 6.45) is 0. The second kappa shape index (κ2) is 5.39. The summed E-state index contributed by atoms with van der Waals surface area (Å²) >= 11 is 5.25. The van der Waals surface area contributed by atoms with Gasteiger partial charge >= 0.3 is 0 Å². The number of hydrogen-bond acceptors (Lipinski definition) is 2. The molecule has 0 unspecified atom stereocenters. The lowest BCUT2D eigenvalue weighted by molar-refractivity contribution is 1.14. The second-order valence-electron chi connectivity index (χ2n) is 4.72. The van der Waals surface area contributed by atoms with Gasteiger partial charge in [-0.2, -0.15) is 0 Å². The first kappa shape index (κ1) is 12.8. The molecule has 3 aromatic rings. The summed E-state index contributed by atoms with van der Waals surface area (Å²) in [7, 11) is 0. The van der Waals surface area contributed by atoms with E-state index in [-0.39, 0.29) is 0 Å². The van der Waals surface area contributed by atoms with Crippen molar-refractivity contribution in [2.24, 2.45) is 0 Å². The van der Waals surface area contributed by atoms with E-state index in [2.05, 4.69) is 41.2 Å². The van der Waals surface area contributed by atoms with Crippen molar-refractivity contribution in [3.63, 3.8) is 0 Å². The highest BCUT2D eigenvalue weighted by atomic mass is 32.1. The molecular weight excluding hydrogens is 264 g/mol. The maximum absolute atomic E-state index is 5.25. The number of aryl methyl sites for hydroxylation is 1. The van der Waals surface area contributed by atoms with E-state index < -0.39 is 0 Å². The lowest BCUT2D eigenvalue weighted by atomic mass is 10.1. The van der Waals surface area contributed by atoms with E-state index in [1.54, 1.807) is 0 Å². The van der Waals surface area contributed by atoms with Gasteiger partial charge in [-0.3, -0.25) is 0 Å². The van der Waals surface area contributed by atoms with Crippen LogP contribution >= 0.6 is 12.2 Å². The Hall–Kier alpha value is -2.26. The SMILES string of the molecule is Cc1ccc(-c2cc(-c3ccccc3)nc(=S)[nH]2)cc1. The van der Waals surface area contributed by atoms with Gasteiger partial charge in [-0.05, 0) is 30.8 Å². The van der Waals surface area contributed by atoms with E-state index in [0.717, 1.165) is 22.5 Å². The van der Waals surface area contributed by atoms with Gasteiger partial charge in [0.15, 0.2) is 4.77 Å². The van der Waals surface area contributed by atoms with Gasteiger partial charge in [0.2, 0.25) is 0 Å². The first-order valence-corrected chi connectivity index (χ1v) is 6.87. The Bertz CT molecular complexity index is 774. The summed E-state index contributed by atoms with van der Waals surface area (Å²) in [6.45, 7) is 2.08. The van der Waals surface area contributed by atoms with Crippen LogP contribution in [0, 0.1) is 11.7 Å². The monoisotopic (exact) mass is 278 g/mol. The number of benzene rings is 2. The molecule has 2 nitrogen and oxygen atoms in total. The predicted molar refractivity (Wildman–Crippen MR) is 85.0 cm³/mol. The molecule has 0 spiro atoms. The molecule has 0 aliphatic rings. The van der Waals surface area contributed by atoms with Gasteiger partial charge in [-0.15, -0.1) is 0 Å². The van der Waals surface area contributed by atoms with Crippen LogP contribution in [0.4, 0.5) is 0 Å². The summed E-state index contributed by atoms with van der Waals surface area (Å²) < 4.78 is 0.502. The number of H-pyrrole nitrogens is 1. The maximum atomic E-state index is 5.25. The molecular formula is C17H14N2S. The molecule has 3 heteroatoms. The number of rotatable bonds is 2. The third-order valence-corrected chi connectivity index (χ3v) is 3.37. The molecule has 0 bridgehead atoms. The number of nitrogens with one attached hydrogen (secondary N) is 1. The number of nitrogens with zero attached hydrogens (tertiary/aromatic N) is 1.